The maximum Gasteiger partial charge on any atom is 0.0725 e. The third-order valence-electron chi connectivity index (χ3n) is 11.2. The van der Waals surface area contributed by atoms with E-state index in [0.29, 0.717) is 0 Å². The van der Waals surface area contributed by atoms with E-state index in [9.17, 15) is 0 Å². The fourth-order valence-corrected chi connectivity index (χ4v) is 9.27. The van der Waals surface area contributed by atoms with Gasteiger partial charge in [0, 0.05) is 16.8 Å². The molecule has 0 unspecified atom stereocenters. The fraction of sp³-hybridized carbons (Fsp3) is 0.0204. The Morgan fingerprint density at radius 3 is 1.56 bits per heavy atom. The number of fused-ring (bicyclic) bond motifs is 15. The lowest BCUT2D eigenvalue weighted by molar-refractivity contribution is 0.794. The lowest BCUT2D eigenvalue weighted by Crippen LogP contribution is -2.25. The second-order valence-electron chi connectivity index (χ2n) is 13.6. The van der Waals surface area contributed by atoms with Crippen LogP contribution >= 0.6 is 0 Å². The van der Waals surface area contributed by atoms with Crippen LogP contribution in [0.2, 0.25) is 0 Å². The molecule has 9 aromatic carbocycles. The molecule has 1 spiro atoms. The van der Waals surface area contributed by atoms with Gasteiger partial charge in [-0.25, -0.2) is 0 Å². The van der Waals surface area contributed by atoms with E-state index in [4.69, 9.17) is 0 Å². The molecule has 0 saturated carbocycles. The lowest BCUT2D eigenvalue weighted by Gasteiger charge is -2.31. The Morgan fingerprint density at radius 1 is 0.320 bits per heavy atom. The number of anilines is 3. The van der Waals surface area contributed by atoms with Crippen LogP contribution in [0.3, 0.4) is 0 Å². The molecular weight excluding hydrogens is 603 g/mol. The first-order chi connectivity index (χ1) is 24.8. The molecule has 9 aromatic rings. The molecule has 0 aromatic heterocycles. The molecule has 0 heterocycles. The van der Waals surface area contributed by atoms with Crippen LogP contribution in [0.4, 0.5) is 17.1 Å². The molecule has 0 N–H and O–H groups in total. The topological polar surface area (TPSA) is 3.24 Å². The van der Waals surface area contributed by atoms with E-state index in [1.54, 1.807) is 0 Å². The summed E-state index contributed by atoms with van der Waals surface area (Å²) in [5, 5.41) is 7.54. The van der Waals surface area contributed by atoms with Gasteiger partial charge >= 0.3 is 0 Å². The summed E-state index contributed by atoms with van der Waals surface area (Å²) in [7, 11) is 0. The Labute approximate surface area is 291 Å². The van der Waals surface area contributed by atoms with E-state index < -0.39 is 0 Å². The Bertz CT molecular complexity index is 2780. The number of rotatable bonds is 3. The van der Waals surface area contributed by atoms with Crippen LogP contribution in [0.25, 0.3) is 54.6 Å². The molecule has 0 atom stereocenters. The minimum Gasteiger partial charge on any atom is -0.310 e. The second kappa shape index (κ2) is 10.3. The van der Waals surface area contributed by atoms with Gasteiger partial charge in [-0.3, -0.25) is 0 Å². The largest absolute Gasteiger partial charge is 0.310 e. The van der Waals surface area contributed by atoms with Crippen molar-refractivity contribution in [2.75, 3.05) is 4.90 Å². The molecular formula is C49H31N. The zero-order valence-electron chi connectivity index (χ0n) is 27.3. The number of para-hydroxylation sites is 1. The molecule has 1 heteroatoms. The molecule has 232 valence electrons. The minimum atomic E-state index is -0.360. The van der Waals surface area contributed by atoms with Gasteiger partial charge in [0.15, 0.2) is 0 Å². The number of nitrogens with zero attached hydrogens (tertiary/aromatic N) is 1. The van der Waals surface area contributed by atoms with Crippen LogP contribution in [-0.2, 0) is 5.41 Å². The first-order valence-electron chi connectivity index (χ1n) is 17.4. The highest BCUT2D eigenvalue weighted by atomic mass is 15.1. The Kier molecular flexibility index (Phi) is 5.66. The first-order valence-corrected chi connectivity index (χ1v) is 17.4. The molecule has 0 radical (unpaired) electrons. The van der Waals surface area contributed by atoms with Crippen LogP contribution in [-0.4, -0.2) is 0 Å². The van der Waals surface area contributed by atoms with E-state index >= 15 is 0 Å². The van der Waals surface area contributed by atoms with Crippen molar-refractivity contribution in [1.82, 2.24) is 0 Å². The summed E-state index contributed by atoms with van der Waals surface area (Å²) in [6.07, 6.45) is 0. The maximum absolute atomic E-state index is 2.48. The highest BCUT2D eigenvalue weighted by molar-refractivity contribution is 6.23. The number of benzene rings is 9. The normalized spacial score (nSPS) is 13.4. The van der Waals surface area contributed by atoms with Gasteiger partial charge in [0.2, 0.25) is 0 Å². The summed E-state index contributed by atoms with van der Waals surface area (Å²) in [6.45, 7) is 0. The van der Waals surface area contributed by atoms with Gasteiger partial charge in [0.05, 0.1) is 11.1 Å². The van der Waals surface area contributed by atoms with E-state index in [0.717, 1.165) is 11.4 Å². The molecule has 0 fully saturated rings. The number of hydrogen-bond acceptors (Lipinski definition) is 1. The van der Waals surface area contributed by atoms with Crippen molar-refractivity contribution in [1.29, 1.82) is 0 Å². The van der Waals surface area contributed by atoms with E-state index in [1.165, 1.54) is 82.5 Å². The average molecular weight is 634 g/mol. The van der Waals surface area contributed by atoms with E-state index in [-0.39, 0.29) is 5.41 Å². The van der Waals surface area contributed by atoms with Crippen LogP contribution in [0.5, 0.6) is 0 Å². The van der Waals surface area contributed by atoms with E-state index in [1.807, 2.05) is 0 Å². The van der Waals surface area contributed by atoms with Gasteiger partial charge in [0.1, 0.15) is 0 Å². The summed E-state index contributed by atoms with van der Waals surface area (Å²) >= 11 is 0. The first kappa shape index (κ1) is 27.5. The fourth-order valence-electron chi connectivity index (χ4n) is 9.27. The predicted molar refractivity (Wildman–Crippen MR) is 210 cm³/mol. The van der Waals surface area contributed by atoms with E-state index in [2.05, 4.69) is 193 Å². The van der Waals surface area contributed by atoms with Crippen LogP contribution in [0.15, 0.2) is 188 Å². The van der Waals surface area contributed by atoms with Crippen molar-refractivity contribution in [3.05, 3.63) is 210 Å². The van der Waals surface area contributed by atoms with Crippen molar-refractivity contribution < 1.29 is 0 Å². The Morgan fingerprint density at radius 2 is 0.860 bits per heavy atom. The average Bonchev–Trinajstić information content (AvgIpc) is 3.65. The summed E-state index contributed by atoms with van der Waals surface area (Å²) in [5.41, 5.74) is 13.8. The van der Waals surface area contributed by atoms with Crippen molar-refractivity contribution in [2.45, 2.75) is 5.41 Å². The third kappa shape index (κ3) is 3.56. The summed E-state index contributed by atoms with van der Waals surface area (Å²) < 4.78 is 0. The SMILES string of the molecule is c1ccc(N(c2ccc3c(c2)-c2ccccc2C32c3ccccc3-c3ccccc32)c2cc3ccccc3c3ccc4ccccc4c23)cc1. The van der Waals surface area contributed by atoms with Crippen molar-refractivity contribution in [2.24, 2.45) is 0 Å². The van der Waals surface area contributed by atoms with Gasteiger partial charge in [-0.2, -0.15) is 0 Å². The zero-order chi connectivity index (χ0) is 32.8. The van der Waals surface area contributed by atoms with Crippen LogP contribution in [0, 0.1) is 0 Å². The van der Waals surface area contributed by atoms with Gasteiger partial charge in [0.25, 0.3) is 0 Å². The van der Waals surface area contributed by atoms with Gasteiger partial charge in [-0.15, -0.1) is 0 Å². The standard InChI is InChI=1S/C49H31N/c1-2-16-34(17-3-1)50(47-30-33-15-5-6-18-36(33)41-28-26-32-14-4-7-19-37(32)48(41)47)35-27-29-46-42(31-35)40-22-10-13-25-45(40)49(46)43-23-11-8-20-38(43)39-21-9-12-24-44(39)49/h1-31H. The smallest absolute Gasteiger partial charge is 0.0725 e. The highest BCUT2D eigenvalue weighted by Crippen LogP contribution is 2.63. The van der Waals surface area contributed by atoms with Crippen LogP contribution < -0.4 is 4.90 Å². The van der Waals surface area contributed by atoms with Crippen molar-refractivity contribution in [3.8, 4) is 22.3 Å². The highest BCUT2D eigenvalue weighted by Gasteiger charge is 2.51. The summed E-state index contributed by atoms with van der Waals surface area (Å²) in [6, 6.07) is 69.8. The van der Waals surface area contributed by atoms with Crippen molar-refractivity contribution in [3.63, 3.8) is 0 Å². The van der Waals surface area contributed by atoms with Crippen LogP contribution in [0.1, 0.15) is 22.3 Å². The number of hydrogen-bond donors (Lipinski definition) is 0. The molecule has 50 heavy (non-hydrogen) atoms. The molecule has 0 bridgehead atoms. The minimum absolute atomic E-state index is 0.360. The van der Waals surface area contributed by atoms with Gasteiger partial charge in [-0.05, 0) is 102 Å². The molecule has 2 aliphatic rings. The molecule has 1 nitrogen and oxygen atoms in total. The van der Waals surface area contributed by atoms with Gasteiger partial charge in [-0.1, -0.05) is 158 Å². The van der Waals surface area contributed by atoms with Crippen molar-refractivity contribution >= 4 is 49.4 Å². The Hall–Kier alpha value is -6.44. The third-order valence-corrected chi connectivity index (χ3v) is 11.2. The second-order valence-corrected chi connectivity index (χ2v) is 13.6. The molecule has 11 rings (SSSR count). The summed E-state index contributed by atoms with van der Waals surface area (Å²) in [5.74, 6) is 0. The van der Waals surface area contributed by atoms with Gasteiger partial charge < -0.3 is 4.90 Å². The zero-order valence-corrected chi connectivity index (χ0v) is 27.3. The molecule has 0 aliphatic heterocycles. The quantitative estimate of drug-likeness (QED) is 0.175. The predicted octanol–water partition coefficient (Wildman–Crippen LogP) is 13.0. The summed E-state index contributed by atoms with van der Waals surface area (Å²) in [4.78, 5) is 2.48. The molecule has 0 saturated heterocycles. The lowest BCUT2D eigenvalue weighted by atomic mass is 9.70. The molecule has 0 amide bonds. The maximum atomic E-state index is 2.48. The monoisotopic (exact) mass is 633 g/mol. The molecule has 2 aliphatic carbocycles. The Balaban J connectivity index is 1.23.